The molecule has 7 heteroatoms. The highest BCUT2D eigenvalue weighted by Gasteiger charge is 2.23. The molecule has 1 unspecified atom stereocenters. The molecule has 0 bridgehead atoms. The van der Waals surface area contributed by atoms with Gasteiger partial charge in [-0.05, 0) is 66.0 Å². The Morgan fingerprint density at radius 2 is 1.71 bits per heavy atom. The van der Waals surface area contributed by atoms with Crippen LogP contribution in [0.4, 0.5) is 4.79 Å². The molecule has 1 aromatic carbocycles. The Kier molecular flexibility index (Phi) is 6.43. The lowest BCUT2D eigenvalue weighted by atomic mass is 9.99. The summed E-state index contributed by atoms with van der Waals surface area (Å²) in [5, 5.41) is 2.87. The molecular formula is C24H33N3O4. The number of imidazole rings is 1. The average Bonchev–Trinajstić information content (AvgIpc) is 3.07. The number of hydrogen-bond donors (Lipinski definition) is 1. The number of amides is 1. The van der Waals surface area contributed by atoms with E-state index in [0.717, 1.165) is 36.5 Å². The molecule has 2 heterocycles. The SMILES string of the molecule is CC(C)(C)OC(=O)NCC1CCc2nc(-c3ccc(C(=O)OC(C)(C)C)cc3)cn2C1. The van der Waals surface area contributed by atoms with Crippen molar-refractivity contribution in [2.45, 2.75) is 72.1 Å². The highest BCUT2D eigenvalue weighted by molar-refractivity contribution is 5.90. The van der Waals surface area contributed by atoms with Gasteiger partial charge in [0.2, 0.25) is 0 Å². The lowest BCUT2D eigenvalue weighted by Gasteiger charge is -2.25. The Hall–Kier alpha value is -2.83. The van der Waals surface area contributed by atoms with Crippen LogP contribution in [-0.4, -0.2) is 39.4 Å². The minimum atomic E-state index is -0.520. The first-order valence-electron chi connectivity index (χ1n) is 10.8. The fraction of sp³-hybridized carbons (Fsp3) is 0.542. The second kappa shape index (κ2) is 8.73. The number of aromatic nitrogens is 2. The highest BCUT2D eigenvalue weighted by atomic mass is 16.6. The standard InChI is InChI=1S/C24H33N3O4/c1-23(2,3)30-21(28)18-10-8-17(9-11-18)19-15-27-14-16(7-12-20(27)26-19)13-25-22(29)31-24(4,5)6/h8-11,15-16H,7,12-14H2,1-6H3,(H,25,29). The predicted octanol–water partition coefficient (Wildman–Crippen LogP) is 4.59. The Morgan fingerprint density at radius 1 is 1.06 bits per heavy atom. The van der Waals surface area contributed by atoms with Gasteiger partial charge < -0.3 is 19.4 Å². The zero-order valence-corrected chi connectivity index (χ0v) is 19.3. The number of esters is 1. The van der Waals surface area contributed by atoms with Crippen LogP contribution < -0.4 is 5.32 Å². The molecule has 7 nitrogen and oxygen atoms in total. The van der Waals surface area contributed by atoms with Crippen molar-refractivity contribution < 1.29 is 19.1 Å². The van der Waals surface area contributed by atoms with Crippen molar-refractivity contribution >= 4 is 12.1 Å². The lowest BCUT2D eigenvalue weighted by molar-refractivity contribution is 0.00692. The van der Waals surface area contributed by atoms with Gasteiger partial charge in [-0.1, -0.05) is 12.1 Å². The Morgan fingerprint density at radius 3 is 2.32 bits per heavy atom. The molecule has 1 aromatic heterocycles. The molecule has 168 valence electrons. The number of carbonyl (C=O) groups is 2. The molecule has 1 aliphatic rings. The van der Waals surface area contributed by atoms with Crippen LogP contribution in [0.1, 0.15) is 64.1 Å². The molecule has 3 rings (SSSR count). The van der Waals surface area contributed by atoms with Crippen LogP contribution in [-0.2, 0) is 22.4 Å². The summed E-state index contributed by atoms with van der Waals surface area (Å²) in [5.74, 6) is 1.04. The van der Waals surface area contributed by atoms with Crippen molar-refractivity contribution in [3.63, 3.8) is 0 Å². The number of ether oxygens (including phenoxy) is 2. The Balaban J connectivity index is 1.61. The summed E-state index contributed by atoms with van der Waals surface area (Å²) >= 11 is 0. The maximum absolute atomic E-state index is 12.2. The molecule has 1 N–H and O–H groups in total. The molecule has 1 amide bonds. The van der Waals surface area contributed by atoms with Crippen LogP contribution >= 0.6 is 0 Å². The summed E-state index contributed by atoms with van der Waals surface area (Å²) in [6.45, 7) is 12.5. The first-order valence-corrected chi connectivity index (χ1v) is 10.8. The smallest absolute Gasteiger partial charge is 0.407 e. The van der Waals surface area contributed by atoms with Crippen LogP contribution in [0.5, 0.6) is 0 Å². The molecule has 31 heavy (non-hydrogen) atoms. The summed E-state index contributed by atoms with van der Waals surface area (Å²) < 4.78 is 12.9. The molecule has 2 aromatic rings. The van der Waals surface area contributed by atoms with Gasteiger partial charge in [-0.25, -0.2) is 14.6 Å². The number of carbonyl (C=O) groups excluding carboxylic acids is 2. The number of fused-ring (bicyclic) bond motifs is 1. The summed E-state index contributed by atoms with van der Waals surface area (Å²) in [6, 6.07) is 7.34. The summed E-state index contributed by atoms with van der Waals surface area (Å²) in [6.07, 6.45) is 3.48. The molecule has 0 fully saturated rings. The molecule has 0 radical (unpaired) electrons. The summed E-state index contributed by atoms with van der Waals surface area (Å²) in [5.41, 5.74) is 1.34. The molecular weight excluding hydrogens is 394 g/mol. The number of aryl methyl sites for hydroxylation is 1. The molecule has 0 spiro atoms. The minimum Gasteiger partial charge on any atom is -0.456 e. The predicted molar refractivity (Wildman–Crippen MR) is 119 cm³/mol. The van der Waals surface area contributed by atoms with Crippen LogP contribution in [0.15, 0.2) is 30.5 Å². The van der Waals surface area contributed by atoms with Crippen molar-refractivity contribution in [2.24, 2.45) is 5.92 Å². The van der Waals surface area contributed by atoms with Gasteiger partial charge in [0, 0.05) is 31.3 Å². The third kappa shape index (κ3) is 6.57. The topological polar surface area (TPSA) is 82.4 Å². The van der Waals surface area contributed by atoms with E-state index < -0.39 is 11.2 Å². The molecule has 1 atom stereocenters. The van der Waals surface area contributed by atoms with E-state index in [-0.39, 0.29) is 12.1 Å². The molecule has 0 saturated carbocycles. The number of hydrogen-bond acceptors (Lipinski definition) is 5. The highest BCUT2D eigenvalue weighted by Crippen LogP contribution is 2.25. The van der Waals surface area contributed by atoms with E-state index in [2.05, 4.69) is 9.88 Å². The van der Waals surface area contributed by atoms with E-state index in [1.165, 1.54) is 0 Å². The van der Waals surface area contributed by atoms with Gasteiger partial charge in [-0.15, -0.1) is 0 Å². The second-order valence-electron chi connectivity index (χ2n) is 10.1. The number of alkyl carbamates (subject to hydrolysis) is 1. The van der Waals surface area contributed by atoms with Crippen LogP contribution in [0.2, 0.25) is 0 Å². The first kappa shape index (κ1) is 22.8. The van der Waals surface area contributed by atoms with Crippen molar-refractivity contribution in [1.29, 1.82) is 0 Å². The van der Waals surface area contributed by atoms with Crippen molar-refractivity contribution in [3.8, 4) is 11.3 Å². The lowest BCUT2D eigenvalue weighted by Crippen LogP contribution is -2.37. The molecule has 1 aliphatic heterocycles. The van der Waals surface area contributed by atoms with Gasteiger partial charge in [0.25, 0.3) is 0 Å². The normalized spacial score (nSPS) is 16.4. The number of nitrogens with one attached hydrogen (secondary N) is 1. The van der Waals surface area contributed by atoms with E-state index in [1.54, 1.807) is 12.1 Å². The number of rotatable bonds is 4. The second-order valence-corrected chi connectivity index (χ2v) is 10.1. The van der Waals surface area contributed by atoms with Crippen molar-refractivity contribution in [2.75, 3.05) is 6.54 Å². The van der Waals surface area contributed by atoms with Gasteiger partial charge in [0.15, 0.2) is 0 Å². The van der Waals surface area contributed by atoms with Crippen LogP contribution in [0.25, 0.3) is 11.3 Å². The number of benzene rings is 1. The average molecular weight is 428 g/mol. The monoisotopic (exact) mass is 427 g/mol. The van der Waals surface area contributed by atoms with Gasteiger partial charge >= 0.3 is 12.1 Å². The third-order valence-corrected chi connectivity index (χ3v) is 4.84. The maximum Gasteiger partial charge on any atom is 0.407 e. The van der Waals surface area contributed by atoms with Gasteiger partial charge in [-0.3, -0.25) is 0 Å². The van der Waals surface area contributed by atoms with Gasteiger partial charge in [0.05, 0.1) is 11.3 Å². The van der Waals surface area contributed by atoms with E-state index in [0.29, 0.717) is 18.0 Å². The number of nitrogens with zero attached hydrogens (tertiary/aromatic N) is 2. The van der Waals surface area contributed by atoms with Crippen LogP contribution in [0.3, 0.4) is 0 Å². The molecule has 0 saturated heterocycles. The van der Waals surface area contributed by atoms with Crippen LogP contribution in [0, 0.1) is 5.92 Å². The van der Waals surface area contributed by atoms with Gasteiger partial charge in [0.1, 0.15) is 17.0 Å². The van der Waals surface area contributed by atoms with Gasteiger partial charge in [-0.2, -0.15) is 0 Å². The quantitative estimate of drug-likeness (QED) is 0.722. The molecule has 0 aliphatic carbocycles. The van der Waals surface area contributed by atoms with E-state index >= 15 is 0 Å². The fourth-order valence-electron chi connectivity index (χ4n) is 3.48. The summed E-state index contributed by atoms with van der Waals surface area (Å²) in [4.78, 5) is 28.9. The van der Waals surface area contributed by atoms with Crippen molar-refractivity contribution in [1.82, 2.24) is 14.9 Å². The van der Waals surface area contributed by atoms with Crippen molar-refractivity contribution in [3.05, 3.63) is 41.9 Å². The minimum absolute atomic E-state index is 0.330. The summed E-state index contributed by atoms with van der Waals surface area (Å²) in [7, 11) is 0. The maximum atomic E-state index is 12.2. The fourth-order valence-corrected chi connectivity index (χ4v) is 3.48. The Bertz CT molecular complexity index is 933. The van der Waals surface area contributed by atoms with E-state index in [1.807, 2.05) is 59.9 Å². The third-order valence-electron chi connectivity index (χ3n) is 4.84. The first-order chi connectivity index (χ1) is 14.4. The zero-order valence-electron chi connectivity index (χ0n) is 19.3. The zero-order chi connectivity index (χ0) is 22.8. The largest absolute Gasteiger partial charge is 0.456 e. The van der Waals surface area contributed by atoms with E-state index in [9.17, 15) is 9.59 Å². The Labute approximate surface area is 184 Å². The van der Waals surface area contributed by atoms with E-state index in [4.69, 9.17) is 14.5 Å².